The van der Waals surface area contributed by atoms with Crippen LogP contribution in [0.3, 0.4) is 0 Å². The molecule has 0 atom stereocenters. The highest BCUT2D eigenvalue weighted by Crippen LogP contribution is 2.29. The van der Waals surface area contributed by atoms with Gasteiger partial charge in [-0.1, -0.05) is 6.07 Å². The van der Waals surface area contributed by atoms with E-state index in [1.165, 1.54) is 31.5 Å². The van der Waals surface area contributed by atoms with Crippen LogP contribution in [0.1, 0.15) is 26.3 Å². The van der Waals surface area contributed by atoms with E-state index >= 15 is 0 Å². The van der Waals surface area contributed by atoms with Crippen LogP contribution in [0.4, 0.5) is 17.1 Å². The van der Waals surface area contributed by atoms with Crippen molar-refractivity contribution in [2.24, 2.45) is 0 Å². The van der Waals surface area contributed by atoms with Crippen LogP contribution in [0.15, 0.2) is 60.9 Å². The van der Waals surface area contributed by atoms with Crippen LogP contribution in [0.5, 0.6) is 5.75 Å². The fraction of sp³-hybridized carbons (Fsp3) is 0.0952. The number of anilines is 2. The van der Waals surface area contributed by atoms with Gasteiger partial charge >= 0.3 is 0 Å². The summed E-state index contributed by atoms with van der Waals surface area (Å²) >= 11 is 0. The molecule has 30 heavy (non-hydrogen) atoms. The maximum Gasteiger partial charge on any atom is 0.273 e. The summed E-state index contributed by atoms with van der Waals surface area (Å²) < 4.78 is 5.31. The van der Waals surface area contributed by atoms with Gasteiger partial charge in [-0.3, -0.25) is 24.7 Å². The monoisotopic (exact) mass is 406 g/mol. The minimum Gasteiger partial charge on any atom is -0.494 e. The first-order valence-electron chi connectivity index (χ1n) is 8.85. The van der Waals surface area contributed by atoms with Crippen molar-refractivity contribution >= 4 is 28.9 Å². The summed E-state index contributed by atoms with van der Waals surface area (Å²) in [6.07, 6.45) is 3.01. The molecular formula is C21H18N4O5. The molecule has 0 saturated heterocycles. The molecule has 0 fully saturated rings. The smallest absolute Gasteiger partial charge is 0.273 e. The number of nitro groups is 1. The van der Waals surface area contributed by atoms with Crippen LogP contribution in [0.2, 0.25) is 0 Å². The second kappa shape index (κ2) is 8.82. The SMILES string of the molecule is COc1cc(NC(=O)c2ccc(C)c([N+](=O)[O-])c2)ccc1NC(=O)c1cccnc1. The van der Waals surface area contributed by atoms with Gasteiger partial charge in [0.25, 0.3) is 17.5 Å². The lowest BCUT2D eigenvalue weighted by Crippen LogP contribution is -2.14. The summed E-state index contributed by atoms with van der Waals surface area (Å²) in [5, 5.41) is 16.5. The Kier molecular flexibility index (Phi) is 6.02. The largest absolute Gasteiger partial charge is 0.494 e. The molecule has 0 aliphatic heterocycles. The predicted molar refractivity (Wildman–Crippen MR) is 111 cm³/mol. The minimum atomic E-state index is -0.533. The van der Waals surface area contributed by atoms with Crippen LogP contribution in [0.25, 0.3) is 0 Å². The van der Waals surface area contributed by atoms with E-state index in [0.717, 1.165) is 0 Å². The van der Waals surface area contributed by atoms with Crippen molar-refractivity contribution in [1.29, 1.82) is 0 Å². The van der Waals surface area contributed by atoms with Gasteiger partial charge in [0.15, 0.2) is 0 Å². The van der Waals surface area contributed by atoms with Gasteiger partial charge in [-0.05, 0) is 37.3 Å². The van der Waals surface area contributed by atoms with E-state index in [9.17, 15) is 19.7 Å². The summed E-state index contributed by atoms with van der Waals surface area (Å²) in [4.78, 5) is 39.3. The van der Waals surface area contributed by atoms with Gasteiger partial charge < -0.3 is 15.4 Å². The number of nitrogens with zero attached hydrogens (tertiary/aromatic N) is 2. The number of rotatable bonds is 6. The van der Waals surface area contributed by atoms with Gasteiger partial charge in [0.05, 0.1) is 23.3 Å². The molecule has 0 bridgehead atoms. The van der Waals surface area contributed by atoms with E-state index in [0.29, 0.717) is 28.3 Å². The molecule has 1 aromatic heterocycles. The lowest BCUT2D eigenvalue weighted by atomic mass is 10.1. The minimum absolute atomic E-state index is 0.131. The lowest BCUT2D eigenvalue weighted by Gasteiger charge is -2.13. The average Bonchev–Trinajstić information content (AvgIpc) is 2.75. The zero-order valence-electron chi connectivity index (χ0n) is 16.2. The molecule has 3 aromatic rings. The molecule has 2 aromatic carbocycles. The Morgan fingerprint density at radius 2 is 1.80 bits per heavy atom. The second-order valence-corrected chi connectivity index (χ2v) is 6.32. The molecule has 0 radical (unpaired) electrons. The molecule has 2 N–H and O–H groups in total. The molecule has 2 amide bonds. The van der Waals surface area contributed by atoms with E-state index in [1.54, 1.807) is 43.5 Å². The van der Waals surface area contributed by atoms with Crippen molar-refractivity contribution in [3.8, 4) is 5.75 Å². The number of benzene rings is 2. The Hall–Kier alpha value is -4.27. The van der Waals surface area contributed by atoms with Gasteiger partial charge in [0.1, 0.15) is 5.75 Å². The van der Waals surface area contributed by atoms with Crippen molar-refractivity contribution in [3.05, 3.63) is 87.7 Å². The van der Waals surface area contributed by atoms with Crippen molar-refractivity contribution in [2.75, 3.05) is 17.7 Å². The van der Waals surface area contributed by atoms with Crippen molar-refractivity contribution in [1.82, 2.24) is 4.98 Å². The van der Waals surface area contributed by atoms with E-state index < -0.39 is 10.8 Å². The highest BCUT2D eigenvalue weighted by atomic mass is 16.6. The van der Waals surface area contributed by atoms with Crippen LogP contribution in [-0.2, 0) is 0 Å². The number of pyridine rings is 1. The van der Waals surface area contributed by atoms with E-state index in [4.69, 9.17) is 4.74 Å². The van der Waals surface area contributed by atoms with Gasteiger partial charge in [-0.15, -0.1) is 0 Å². The Bertz CT molecular complexity index is 1120. The summed E-state index contributed by atoms with van der Waals surface area (Å²) in [7, 11) is 1.43. The van der Waals surface area contributed by atoms with Crippen LogP contribution in [-0.4, -0.2) is 28.8 Å². The Morgan fingerprint density at radius 1 is 1.03 bits per heavy atom. The summed E-state index contributed by atoms with van der Waals surface area (Å²) in [5.74, 6) is -0.530. The third kappa shape index (κ3) is 4.58. The number of carbonyl (C=O) groups excluding carboxylic acids is 2. The van der Waals surface area contributed by atoms with E-state index in [2.05, 4.69) is 15.6 Å². The number of carbonyl (C=O) groups is 2. The zero-order chi connectivity index (χ0) is 21.7. The number of methoxy groups -OCH3 is 1. The first kappa shape index (κ1) is 20.5. The number of ether oxygens (including phenoxy) is 1. The summed E-state index contributed by atoms with van der Waals surface area (Å²) in [6, 6.07) is 12.2. The topological polar surface area (TPSA) is 123 Å². The number of nitro benzene ring substituents is 1. The first-order chi connectivity index (χ1) is 14.4. The van der Waals surface area contributed by atoms with E-state index in [1.807, 2.05) is 0 Å². The van der Waals surface area contributed by atoms with Gasteiger partial charge in [0.2, 0.25) is 0 Å². The number of aryl methyl sites for hydroxylation is 1. The highest BCUT2D eigenvalue weighted by Gasteiger charge is 2.16. The molecule has 0 saturated carbocycles. The van der Waals surface area contributed by atoms with Crippen molar-refractivity contribution in [3.63, 3.8) is 0 Å². The molecule has 9 nitrogen and oxygen atoms in total. The Balaban J connectivity index is 1.78. The highest BCUT2D eigenvalue weighted by molar-refractivity contribution is 6.06. The quantitative estimate of drug-likeness (QED) is 0.474. The molecule has 0 aliphatic rings. The maximum atomic E-state index is 12.5. The average molecular weight is 406 g/mol. The zero-order valence-corrected chi connectivity index (χ0v) is 16.2. The Labute approximate surface area is 171 Å². The van der Waals surface area contributed by atoms with Crippen LogP contribution >= 0.6 is 0 Å². The first-order valence-corrected chi connectivity index (χ1v) is 8.85. The molecule has 1 heterocycles. The lowest BCUT2D eigenvalue weighted by molar-refractivity contribution is -0.385. The molecule has 0 aliphatic carbocycles. The number of hydrogen-bond acceptors (Lipinski definition) is 6. The normalized spacial score (nSPS) is 10.2. The molecule has 152 valence electrons. The maximum absolute atomic E-state index is 12.5. The van der Waals surface area contributed by atoms with Crippen molar-refractivity contribution < 1.29 is 19.2 Å². The molecule has 9 heteroatoms. The predicted octanol–water partition coefficient (Wildman–Crippen LogP) is 3.81. The standard InChI is InChI=1S/C21H18N4O5/c1-13-5-6-14(10-18(13)25(28)29)20(26)23-16-7-8-17(19(11-16)30-2)24-21(27)15-4-3-9-22-12-15/h3-12H,1-2H3,(H,23,26)(H,24,27). The number of nitrogens with one attached hydrogen (secondary N) is 2. The van der Waals surface area contributed by atoms with Gasteiger partial charge in [0, 0.05) is 41.3 Å². The Morgan fingerprint density at radius 3 is 2.47 bits per heavy atom. The number of aromatic nitrogens is 1. The summed E-state index contributed by atoms with van der Waals surface area (Å²) in [5.41, 5.74) is 1.69. The van der Waals surface area contributed by atoms with Gasteiger partial charge in [-0.2, -0.15) is 0 Å². The fourth-order valence-electron chi connectivity index (χ4n) is 2.71. The van der Waals surface area contributed by atoms with Gasteiger partial charge in [-0.25, -0.2) is 0 Å². The molecular weight excluding hydrogens is 388 g/mol. The third-order valence-electron chi connectivity index (χ3n) is 4.30. The molecule has 0 spiro atoms. The second-order valence-electron chi connectivity index (χ2n) is 6.32. The third-order valence-corrected chi connectivity index (χ3v) is 4.30. The molecule has 0 unspecified atom stereocenters. The van der Waals surface area contributed by atoms with Crippen LogP contribution < -0.4 is 15.4 Å². The fourth-order valence-corrected chi connectivity index (χ4v) is 2.71. The van der Waals surface area contributed by atoms with Crippen LogP contribution in [0, 0.1) is 17.0 Å². The molecule has 3 rings (SSSR count). The number of hydrogen-bond donors (Lipinski definition) is 2. The summed E-state index contributed by atoms with van der Waals surface area (Å²) in [6.45, 7) is 1.60. The van der Waals surface area contributed by atoms with Crippen molar-refractivity contribution in [2.45, 2.75) is 6.92 Å². The van der Waals surface area contributed by atoms with E-state index in [-0.39, 0.29) is 17.2 Å². The number of amides is 2.